The van der Waals surface area contributed by atoms with E-state index in [4.69, 9.17) is 4.74 Å². The summed E-state index contributed by atoms with van der Waals surface area (Å²) >= 11 is 0. The zero-order chi connectivity index (χ0) is 10.2. The van der Waals surface area contributed by atoms with E-state index in [-0.39, 0.29) is 0 Å². The number of ether oxygens (including phenoxy) is 1. The van der Waals surface area contributed by atoms with Crippen LogP contribution in [0.2, 0.25) is 0 Å². The molecule has 3 heteroatoms. The van der Waals surface area contributed by atoms with Crippen molar-refractivity contribution in [3.05, 3.63) is 30.5 Å². The van der Waals surface area contributed by atoms with E-state index in [2.05, 4.69) is 16.4 Å². The summed E-state index contributed by atoms with van der Waals surface area (Å²) in [5, 5.41) is 3.21. The van der Waals surface area contributed by atoms with Crippen LogP contribution in [0.1, 0.15) is 13.3 Å². The van der Waals surface area contributed by atoms with Crippen molar-refractivity contribution in [1.82, 2.24) is 4.98 Å². The van der Waals surface area contributed by atoms with Gasteiger partial charge in [0.25, 0.3) is 0 Å². The zero-order valence-electron chi connectivity index (χ0n) is 8.66. The molecule has 14 heavy (non-hydrogen) atoms. The molecule has 3 nitrogen and oxygen atoms in total. The minimum absolute atomic E-state index is 0.785. The molecule has 0 amide bonds. The largest absolute Gasteiger partial charge is 0.493 e. The Kier molecular flexibility index (Phi) is 4.55. The third-order valence-electron chi connectivity index (χ3n) is 1.83. The number of rotatable bonds is 5. The Balaban J connectivity index is 2.49. The molecule has 0 saturated heterocycles. The van der Waals surface area contributed by atoms with Crippen molar-refractivity contribution >= 4 is 5.82 Å². The number of hydrogen-bond donors (Lipinski definition) is 1. The van der Waals surface area contributed by atoms with Gasteiger partial charge in [0.05, 0.1) is 7.11 Å². The molecule has 0 aromatic carbocycles. The van der Waals surface area contributed by atoms with Crippen molar-refractivity contribution in [1.29, 1.82) is 0 Å². The van der Waals surface area contributed by atoms with E-state index >= 15 is 0 Å². The molecule has 0 bridgehead atoms. The maximum atomic E-state index is 5.16. The lowest BCUT2D eigenvalue weighted by Crippen LogP contribution is -2.03. The predicted molar refractivity (Wildman–Crippen MR) is 58.7 cm³/mol. The van der Waals surface area contributed by atoms with Crippen LogP contribution >= 0.6 is 0 Å². The molecule has 76 valence electrons. The van der Waals surface area contributed by atoms with Gasteiger partial charge in [-0.15, -0.1) is 0 Å². The molecular weight excluding hydrogens is 176 g/mol. The van der Waals surface area contributed by atoms with Crippen molar-refractivity contribution in [2.24, 2.45) is 0 Å². The molecule has 0 saturated carbocycles. The fourth-order valence-electron chi connectivity index (χ4n) is 1.13. The Morgan fingerprint density at radius 2 is 2.43 bits per heavy atom. The van der Waals surface area contributed by atoms with E-state index in [9.17, 15) is 0 Å². The molecule has 0 aliphatic carbocycles. The van der Waals surface area contributed by atoms with Crippen molar-refractivity contribution < 1.29 is 4.74 Å². The van der Waals surface area contributed by atoms with Gasteiger partial charge in [-0.05, 0) is 25.5 Å². The second-order valence-electron chi connectivity index (χ2n) is 2.84. The normalized spacial score (nSPS) is 10.4. The number of anilines is 1. The molecule has 0 aliphatic heterocycles. The van der Waals surface area contributed by atoms with Gasteiger partial charge in [0.15, 0.2) is 11.6 Å². The molecule has 1 heterocycles. The summed E-state index contributed by atoms with van der Waals surface area (Å²) in [6.07, 6.45) is 6.90. The number of hydrogen-bond acceptors (Lipinski definition) is 3. The van der Waals surface area contributed by atoms with Gasteiger partial charge in [-0.2, -0.15) is 0 Å². The standard InChI is InChI=1S/C11H16N2O/c1-3-4-5-8-12-11-10(14-2)7-6-9-13-11/h3-4,6-7,9H,5,8H2,1-2H3,(H,12,13)/b4-3+. The summed E-state index contributed by atoms with van der Waals surface area (Å²) < 4.78 is 5.16. The topological polar surface area (TPSA) is 34.2 Å². The number of aromatic nitrogens is 1. The lowest BCUT2D eigenvalue weighted by molar-refractivity contribution is 0.415. The molecule has 0 spiro atoms. The van der Waals surface area contributed by atoms with Crippen LogP contribution in [0.3, 0.4) is 0 Å². The van der Waals surface area contributed by atoms with Gasteiger partial charge < -0.3 is 10.1 Å². The maximum Gasteiger partial charge on any atom is 0.168 e. The molecule has 0 unspecified atom stereocenters. The minimum atomic E-state index is 0.785. The second-order valence-corrected chi connectivity index (χ2v) is 2.84. The van der Waals surface area contributed by atoms with E-state index in [0.29, 0.717) is 0 Å². The highest BCUT2D eigenvalue weighted by atomic mass is 16.5. The van der Waals surface area contributed by atoms with E-state index in [1.807, 2.05) is 25.1 Å². The Morgan fingerprint density at radius 3 is 3.14 bits per heavy atom. The molecule has 1 rings (SSSR count). The number of pyridine rings is 1. The predicted octanol–water partition coefficient (Wildman–Crippen LogP) is 2.47. The number of methoxy groups -OCH3 is 1. The molecule has 0 atom stereocenters. The first-order valence-corrected chi connectivity index (χ1v) is 4.72. The van der Waals surface area contributed by atoms with Crippen LogP contribution in [0.15, 0.2) is 30.5 Å². The highest BCUT2D eigenvalue weighted by Gasteiger charge is 2.00. The van der Waals surface area contributed by atoms with E-state index in [0.717, 1.165) is 24.5 Å². The molecular formula is C11H16N2O. The minimum Gasteiger partial charge on any atom is -0.493 e. The average molecular weight is 192 g/mol. The van der Waals surface area contributed by atoms with Crippen LogP contribution < -0.4 is 10.1 Å². The monoisotopic (exact) mass is 192 g/mol. The smallest absolute Gasteiger partial charge is 0.168 e. The lowest BCUT2D eigenvalue weighted by Gasteiger charge is -2.07. The van der Waals surface area contributed by atoms with Crippen molar-refractivity contribution in [3.63, 3.8) is 0 Å². The third kappa shape index (κ3) is 3.09. The van der Waals surface area contributed by atoms with Gasteiger partial charge >= 0.3 is 0 Å². The fourth-order valence-corrected chi connectivity index (χ4v) is 1.13. The highest BCUT2D eigenvalue weighted by molar-refractivity contribution is 5.49. The number of allylic oxidation sites excluding steroid dienone is 1. The summed E-state index contributed by atoms with van der Waals surface area (Å²) in [5.74, 6) is 1.59. The van der Waals surface area contributed by atoms with E-state index in [1.54, 1.807) is 13.3 Å². The van der Waals surface area contributed by atoms with Crippen LogP contribution in [0.25, 0.3) is 0 Å². The third-order valence-corrected chi connectivity index (χ3v) is 1.83. The number of nitrogens with one attached hydrogen (secondary N) is 1. The van der Waals surface area contributed by atoms with Gasteiger partial charge in [-0.25, -0.2) is 4.98 Å². The van der Waals surface area contributed by atoms with Crippen LogP contribution in [-0.4, -0.2) is 18.6 Å². The Hall–Kier alpha value is -1.51. The molecule has 0 fully saturated rings. The van der Waals surface area contributed by atoms with E-state index < -0.39 is 0 Å². The first kappa shape index (κ1) is 10.6. The van der Waals surface area contributed by atoms with Crippen molar-refractivity contribution in [2.75, 3.05) is 19.0 Å². The van der Waals surface area contributed by atoms with Crippen LogP contribution in [0.4, 0.5) is 5.82 Å². The van der Waals surface area contributed by atoms with Crippen LogP contribution in [0.5, 0.6) is 5.75 Å². The van der Waals surface area contributed by atoms with Gasteiger partial charge in [0, 0.05) is 12.7 Å². The van der Waals surface area contributed by atoms with E-state index in [1.165, 1.54) is 0 Å². The summed E-state index contributed by atoms with van der Waals surface area (Å²) in [7, 11) is 1.65. The summed E-state index contributed by atoms with van der Waals surface area (Å²) in [6, 6.07) is 3.75. The highest BCUT2D eigenvalue weighted by Crippen LogP contribution is 2.19. The van der Waals surface area contributed by atoms with Crippen molar-refractivity contribution in [2.45, 2.75) is 13.3 Å². The van der Waals surface area contributed by atoms with Crippen LogP contribution in [-0.2, 0) is 0 Å². The SMILES string of the molecule is C/C=C/CCNc1ncccc1OC. The lowest BCUT2D eigenvalue weighted by atomic mass is 10.3. The Morgan fingerprint density at radius 1 is 1.57 bits per heavy atom. The number of nitrogens with zero attached hydrogens (tertiary/aromatic N) is 1. The van der Waals surface area contributed by atoms with Gasteiger partial charge in [-0.1, -0.05) is 12.2 Å². The summed E-state index contributed by atoms with van der Waals surface area (Å²) in [6.45, 7) is 2.89. The molecule has 1 N–H and O–H groups in total. The van der Waals surface area contributed by atoms with Gasteiger partial charge in [0.1, 0.15) is 0 Å². The Labute approximate surface area is 84.8 Å². The molecule has 0 aliphatic rings. The van der Waals surface area contributed by atoms with Gasteiger partial charge in [-0.3, -0.25) is 0 Å². The first-order chi connectivity index (χ1) is 6.88. The Bertz CT molecular complexity index is 297. The van der Waals surface area contributed by atoms with Crippen LogP contribution in [0, 0.1) is 0 Å². The molecule has 0 radical (unpaired) electrons. The maximum absolute atomic E-state index is 5.16. The van der Waals surface area contributed by atoms with Crippen molar-refractivity contribution in [3.8, 4) is 5.75 Å². The van der Waals surface area contributed by atoms with Gasteiger partial charge in [0.2, 0.25) is 0 Å². The quantitative estimate of drug-likeness (QED) is 0.575. The second kappa shape index (κ2) is 6.02. The molecule has 1 aromatic rings. The first-order valence-electron chi connectivity index (χ1n) is 4.72. The summed E-state index contributed by atoms with van der Waals surface area (Å²) in [5.41, 5.74) is 0. The average Bonchev–Trinajstić information content (AvgIpc) is 2.25. The fraction of sp³-hybridized carbons (Fsp3) is 0.364. The summed E-state index contributed by atoms with van der Waals surface area (Å²) in [4.78, 5) is 4.19. The molecule has 1 aromatic heterocycles. The zero-order valence-corrected chi connectivity index (χ0v) is 8.66.